The van der Waals surface area contributed by atoms with Gasteiger partial charge in [-0.1, -0.05) is 35.0 Å². The van der Waals surface area contributed by atoms with Crippen LogP contribution in [0.2, 0.25) is 0 Å². The number of hydrogen-bond acceptors (Lipinski definition) is 4. The number of benzene rings is 2. The first-order valence-electron chi connectivity index (χ1n) is 7.83. The summed E-state index contributed by atoms with van der Waals surface area (Å²) in [5.41, 5.74) is 1.82. The maximum absolute atomic E-state index is 13.3. The largest absolute Gasteiger partial charge is 0.348 e. The Bertz CT molecular complexity index is 983. The lowest BCUT2D eigenvalue weighted by Gasteiger charge is -2.14. The third-order valence-corrected chi connectivity index (χ3v) is 3.93. The van der Waals surface area contributed by atoms with Gasteiger partial charge in [-0.2, -0.15) is 0 Å². The van der Waals surface area contributed by atoms with Gasteiger partial charge in [0.05, 0.1) is 11.4 Å². The number of fused-ring (bicyclic) bond motifs is 1. The highest BCUT2D eigenvalue weighted by molar-refractivity contribution is 5.78. The number of rotatable bonds is 4. The first-order valence-corrected chi connectivity index (χ1v) is 7.83. The monoisotopic (exact) mass is 340 g/mol. The van der Waals surface area contributed by atoms with Gasteiger partial charge in [0, 0.05) is 0 Å². The van der Waals surface area contributed by atoms with Crippen LogP contribution in [-0.2, 0) is 11.3 Å². The van der Waals surface area contributed by atoms with Gasteiger partial charge in [0.2, 0.25) is 5.91 Å². The summed E-state index contributed by atoms with van der Waals surface area (Å²) in [5, 5.41) is 10.5. The van der Waals surface area contributed by atoms with Crippen molar-refractivity contribution < 1.29 is 9.18 Å². The maximum Gasteiger partial charge on any atom is 0.278 e. The molecule has 0 spiro atoms. The first kappa shape index (κ1) is 16.8. The Balaban J connectivity index is 1.76. The summed E-state index contributed by atoms with van der Waals surface area (Å²) >= 11 is 0. The molecule has 6 nitrogen and oxygen atoms in total. The fraction of sp³-hybridized carbons (Fsp3) is 0.222. The topological polar surface area (TPSA) is 76.9 Å². The Labute approximate surface area is 143 Å². The van der Waals surface area contributed by atoms with Crippen LogP contribution in [-0.4, -0.2) is 20.9 Å². The summed E-state index contributed by atoms with van der Waals surface area (Å²) in [4.78, 5) is 24.5. The molecule has 3 rings (SSSR count). The van der Waals surface area contributed by atoms with E-state index in [0.29, 0.717) is 0 Å². The molecule has 0 bridgehead atoms. The predicted octanol–water partition coefficient (Wildman–Crippen LogP) is 2.12. The van der Waals surface area contributed by atoms with Gasteiger partial charge in [0.15, 0.2) is 0 Å². The van der Waals surface area contributed by atoms with Crippen molar-refractivity contribution in [1.29, 1.82) is 0 Å². The Morgan fingerprint density at radius 3 is 2.68 bits per heavy atom. The molecule has 2 aromatic carbocycles. The lowest BCUT2D eigenvalue weighted by molar-refractivity contribution is -0.122. The lowest BCUT2D eigenvalue weighted by atomic mass is 10.1. The zero-order valence-corrected chi connectivity index (χ0v) is 13.9. The van der Waals surface area contributed by atoms with Gasteiger partial charge < -0.3 is 5.32 Å². The van der Waals surface area contributed by atoms with Crippen LogP contribution >= 0.6 is 0 Å². The zero-order valence-electron chi connectivity index (χ0n) is 13.9. The summed E-state index contributed by atoms with van der Waals surface area (Å²) in [6, 6.07) is 11.3. The highest BCUT2D eigenvalue weighted by atomic mass is 19.1. The third kappa shape index (κ3) is 3.71. The zero-order chi connectivity index (χ0) is 18.0. The molecule has 1 N–H and O–H groups in total. The van der Waals surface area contributed by atoms with Crippen molar-refractivity contribution in [2.75, 3.05) is 0 Å². The quantitative estimate of drug-likeness (QED) is 0.789. The Hall–Kier alpha value is -3.09. The molecule has 0 saturated heterocycles. The van der Waals surface area contributed by atoms with Gasteiger partial charge in [0.1, 0.15) is 17.9 Å². The molecule has 1 amide bonds. The minimum Gasteiger partial charge on any atom is -0.348 e. The summed E-state index contributed by atoms with van der Waals surface area (Å²) in [6.07, 6.45) is 0. The van der Waals surface area contributed by atoms with E-state index in [2.05, 4.69) is 15.6 Å². The van der Waals surface area contributed by atoms with Crippen LogP contribution in [0.5, 0.6) is 0 Å². The molecule has 128 valence electrons. The van der Waals surface area contributed by atoms with E-state index in [1.807, 2.05) is 38.1 Å². The predicted molar refractivity (Wildman–Crippen MR) is 91.5 cm³/mol. The Kier molecular flexibility index (Phi) is 4.56. The molecule has 1 unspecified atom stereocenters. The number of carbonyl (C=O) groups is 1. The van der Waals surface area contributed by atoms with E-state index in [0.717, 1.165) is 21.9 Å². The van der Waals surface area contributed by atoms with Crippen LogP contribution in [0.3, 0.4) is 0 Å². The van der Waals surface area contributed by atoms with Gasteiger partial charge in [-0.05, 0) is 37.6 Å². The molecule has 0 aliphatic rings. The molecule has 25 heavy (non-hydrogen) atoms. The maximum atomic E-state index is 13.3. The summed E-state index contributed by atoms with van der Waals surface area (Å²) in [7, 11) is 0. The van der Waals surface area contributed by atoms with Gasteiger partial charge >= 0.3 is 0 Å². The fourth-order valence-electron chi connectivity index (χ4n) is 2.51. The standard InChI is InChI=1S/C18H17FN4O2/c1-11-3-5-13(6-4-11)12(2)20-17(24)10-23-18(25)15-9-14(19)7-8-16(15)21-22-23/h3-9,12H,10H2,1-2H3,(H,20,24). The van der Waals surface area contributed by atoms with Gasteiger partial charge in [-0.15, -0.1) is 5.10 Å². The van der Waals surface area contributed by atoms with Gasteiger partial charge in [-0.25, -0.2) is 9.07 Å². The Morgan fingerprint density at radius 2 is 1.96 bits per heavy atom. The van der Waals surface area contributed by atoms with E-state index >= 15 is 0 Å². The van der Waals surface area contributed by atoms with Crippen molar-refractivity contribution in [1.82, 2.24) is 20.3 Å². The van der Waals surface area contributed by atoms with Crippen LogP contribution in [0.25, 0.3) is 10.9 Å². The summed E-state index contributed by atoms with van der Waals surface area (Å²) in [5.74, 6) is -0.915. The molecule has 0 aliphatic carbocycles. The highest BCUT2D eigenvalue weighted by Gasteiger charge is 2.13. The number of nitrogens with zero attached hydrogens (tertiary/aromatic N) is 3. The average Bonchev–Trinajstić information content (AvgIpc) is 2.58. The summed E-state index contributed by atoms with van der Waals surface area (Å²) < 4.78 is 14.3. The number of hydrogen-bond donors (Lipinski definition) is 1. The number of aryl methyl sites for hydroxylation is 1. The van der Waals surface area contributed by atoms with Crippen molar-refractivity contribution >= 4 is 16.8 Å². The van der Waals surface area contributed by atoms with E-state index in [-0.39, 0.29) is 29.4 Å². The molecule has 1 aromatic heterocycles. The van der Waals surface area contributed by atoms with Crippen molar-refractivity contribution in [3.8, 4) is 0 Å². The summed E-state index contributed by atoms with van der Waals surface area (Å²) in [6.45, 7) is 3.56. The fourth-order valence-corrected chi connectivity index (χ4v) is 2.51. The molecular weight excluding hydrogens is 323 g/mol. The second-order valence-corrected chi connectivity index (χ2v) is 5.91. The number of amides is 1. The molecule has 0 saturated carbocycles. The Morgan fingerprint density at radius 1 is 1.24 bits per heavy atom. The molecule has 7 heteroatoms. The first-order chi connectivity index (χ1) is 11.9. The molecule has 0 radical (unpaired) electrons. The lowest BCUT2D eigenvalue weighted by Crippen LogP contribution is -2.35. The van der Waals surface area contributed by atoms with E-state index in [4.69, 9.17) is 0 Å². The second-order valence-electron chi connectivity index (χ2n) is 5.91. The molecule has 1 heterocycles. The smallest absolute Gasteiger partial charge is 0.278 e. The van der Waals surface area contributed by atoms with E-state index in [1.165, 1.54) is 12.1 Å². The van der Waals surface area contributed by atoms with Gasteiger partial charge in [0.25, 0.3) is 5.56 Å². The average molecular weight is 340 g/mol. The molecule has 3 aromatic rings. The minimum atomic E-state index is -0.553. The SMILES string of the molecule is Cc1ccc(C(C)NC(=O)Cn2nnc3ccc(F)cc3c2=O)cc1. The van der Waals surface area contributed by atoms with Crippen molar-refractivity contribution in [2.24, 2.45) is 0 Å². The van der Waals surface area contributed by atoms with Crippen LogP contribution in [0.1, 0.15) is 24.1 Å². The third-order valence-electron chi connectivity index (χ3n) is 3.93. The van der Waals surface area contributed by atoms with Crippen molar-refractivity contribution in [2.45, 2.75) is 26.4 Å². The molecule has 1 atom stereocenters. The van der Waals surface area contributed by atoms with Crippen molar-refractivity contribution in [3.05, 3.63) is 69.8 Å². The molecule has 0 fully saturated rings. The van der Waals surface area contributed by atoms with E-state index in [1.54, 1.807) is 0 Å². The molecule has 0 aliphatic heterocycles. The molecular formula is C18H17FN4O2. The second kappa shape index (κ2) is 6.80. The number of aromatic nitrogens is 3. The minimum absolute atomic E-state index is 0.0920. The van der Waals surface area contributed by atoms with Crippen LogP contribution in [0.15, 0.2) is 47.3 Å². The van der Waals surface area contributed by atoms with E-state index in [9.17, 15) is 14.0 Å². The van der Waals surface area contributed by atoms with Gasteiger partial charge in [-0.3, -0.25) is 9.59 Å². The number of halogens is 1. The van der Waals surface area contributed by atoms with Crippen LogP contribution < -0.4 is 10.9 Å². The highest BCUT2D eigenvalue weighted by Crippen LogP contribution is 2.13. The number of carbonyl (C=O) groups excluding carboxylic acids is 1. The van der Waals surface area contributed by atoms with Crippen LogP contribution in [0, 0.1) is 12.7 Å². The van der Waals surface area contributed by atoms with E-state index < -0.39 is 11.4 Å². The van der Waals surface area contributed by atoms with Crippen molar-refractivity contribution in [3.63, 3.8) is 0 Å². The van der Waals surface area contributed by atoms with Crippen LogP contribution in [0.4, 0.5) is 4.39 Å². The number of nitrogens with one attached hydrogen (secondary N) is 1. The normalized spacial score (nSPS) is 12.1.